The maximum atomic E-state index is 13.4. The second kappa shape index (κ2) is 5.25. The number of hydrogen-bond donors (Lipinski definition) is 1. The van der Waals surface area contributed by atoms with Crippen molar-refractivity contribution in [2.45, 2.75) is 6.54 Å². The Morgan fingerprint density at radius 2 is 2.05 bits per heavy atom. The smallest absolute Gasteiger partial charge is 0.243 e. The van der Waals surface area contributed by atoms with Gasteiger partial charge in [0.2, 0.25) is 5.91 Å². The molecule has 0 atom stereocenters. The lowest BCUT2D eigenvalue weighted by atomic mass is 10.1. The van der Waals surface area contributed by atoms with E-state index >= 15 is 0 Å². The lowest BCUT2D eigenvalue weighted by Crippen LogP contribution is -2.37. The number of carbonyl (C=O) groups excluding carboxylic acids is 1. The van der Waals surface area contributed by atoms with Crippen LogP contribution in [0.25, 0.3) is 0 Å². The number of fused-ring (bicyclic) bond motifs is 1. The summed E-state index contributed by atoms with van der Waals surface area (Å²) < 4.78 is 14.1. The second-order valence-corrected chi connectivity index (χ2v) is 5.61. The number of para-hydroxylation sites is 2. The monoisotopic (exact) mass is 334 g/mol. The molecule has 1 N–H and O–H groups in total. The number of amides is 1. The Morgan fingerprint density at radius 3 is 2.85 bits per heavy atom. The maximum absolute atomic E-state index is 13.4. The van der Waals surface area contributed by atoms with Gasteiger partial charge in [0, 0.05) is 11.0 Å². The Kier molecular flexibility index (Phi) is 3.44. The van der Waals surface area contributed by atoms with Gasteiger partial charge in [0.05, 0.1) is 17.9 Å². The Labute approximate surface area is 124 Å². The van der Waals surface area contributed by atoms with Crippen LogP contribution < -0.4 is 10.2 Å². The lowest BCUT2D eigenvalue weighted by molar-refractivity contribution is -0.115. The van der Waals surface area contributed by atoms with E-state index in [1.165, 1.54) is 12.1 Å². The van der Waals surface area contributed by atoms with Crippen molar-refractivity contribution < 1.29 is 9.18 Å². The largest absolute Gasteiger partial charge is 0.356 e. The average Bonchev–Trinajstić information content (AvgIpc) is 2.37. The van der Waals surface area contributed by atoms with Crippen LogP contribution in [-0.2, 0) is 11.3 Å². The average molecular weight is 335 g/mol. The molecule has 0 spiro atoms. The van der Waals surface area contributed by atoms with Crippen LogP contribution in [0.5, 0.6) is 0 Å². The molecule has 5 heteroatoms. The van der Waals surface area contributed by atoms with Crippen molar-refractivity contribution >= 4 is 33.2 Å². The van der Waals surface area contributed by atoms with Gasteiger partial charge in [0.1, 0.15) is 5.82 Å². The van der Waals surface area contributed by atoms with Crippen LogP contribution >= 0.6 is 15.9 Å². The molecule has 2 aromatic rings. The molecule has 0 aliphatic carbocycles. The molecule has 3 rings (SSSR count). The quantitative estimate of drug-likeness (QED) is 0.910. The van der Waals surface area contributed by atoms with Crippen molar-refractivity contribution in [1.29, 1.82) is 0 Å². The molecular formula is C15H12BrFN2O. The predicted octanol–water partition coefficient (Wildman–Crippen LogP) is 3.55. The van der Waals surface area contributed by atoms with Gasteiger partial charge in [0.25, 0.3) is 0 Å². The van der Waals surface area contributed by atoms with Gasteiger partial charge in [-0.15, -0.1) is 0 Å². The summed E-state index contributed by atoms with van der Waals surface area (Å²) >= 11 is 3.28. The molecule has 0 radical (unpaired) electrons. The zero-order valence-electron chi connectivity index (χ0n) is 10.6. The van der Waals surface area contributed by atoms with E-state index in [0.717, 1.165) is 16.9 Å². The first kappa shape index (κ1) is 13.1. The highest BCUT2D eigenvalue weighted by molar-refractivity contribution is 9.10. The van der Waals surface area contributed by atoms with Gasteiger partial charge in [-0.25, -0.2) is 4.39 Å². The zero-order chi connectivity index (χ0) is 14.1. The fourth-order valence-electron chi connectivity index (χ4n) is 2.37. The zero-order valence-corrected chi connectivity index (χ0v) is 12.2. The predicted molar refractivity (Wildman–Crippen MR) is 80.2 cm³/mol. The number of halogens is 2. The first-order chi connectivity index (χ1) is 9.61. The lowest BCUT2D eigenvalue weighted by Gasteiger charge is -2.31. The first-order valence-corrected chi connectivity index (χ1v) is 7.00. The van der Waals surface area contributed by atoms with Crippen LogP contribution in [0.15, 0.2) is 46.9 Å². The minimum absolute atomic E-state index is 0.0563. The molecule has 0 saturated carbocycles. The van der Waals surface area contributed by atoms with Crippen LogP contribution in [0.1, 0.15) is 5.56 Å². The highest BCUT2D eigenvalue weighted by atomic mass is 79.9. The van der Waals surface area contributed by atoms with Gasteiger partial charge in [-0.1, -0.05) is 28.1 Å². The van der Waals surface area contributed by atoms with Gasteiger partial charge in [-0.2, -0.15) is 0 Å². The van der Waals surface area contributed by atoms with Crippen LogP contribution in [0.4, 0.5) is 15.8 Å². The second-order valence-electron chi connectivity index (χ2n) is 4.70. The fourth-order valence-corrected chi connectivity index (χ4v) is 2.88. The highest BCUT2D eigenvalue weighted by Crippen LogP contribution is 2.30. The van der Waals surface area contributed by atoms with Crippen molar-refractivity contribution in [2.24, 2.45) is 0 Å². The van der Waals surface area contributed by atoms with Crippen LogP contribution in [0.2, 0.25) is 0 Å². The molecule has 0 aromatic heterocycles. The molecule has 1 amide bonds. The summed E-state index contributed by atoms with van der Waals surface area (Å²) in [6.45, 7) is 0.756. The van der Waals surface area contributed by atoms with Crippen molar-refractivity contribution in [3.05, 3.63) is 58.3 Å². The summed E-state index contributed by atoms with van der Waals surface area (Å²) in [6, 6.07) is 12.4. The van der Waals surface area contributed by atoms with Gasteiger partial charge in [-0.3, -0.25) is 4.79 Å². The number of carbonyl (C=O) groups is 1. The van der Waals surface area contributed by atoms with E-state index in [9.17, 15) is 9.18 Å². The van der Waals surface area contributed by atoms with Crippen molar-refractivity contribution in [3.63, 3.8) is 0 Å². The molecule has 2 aromatic carbocycles. The molecular weight excluding hydrogens is 323 g/mol. The van der Waals surface area contributed by atoms with Gasteiger partial charge < -0.3 is 10.2 Å². The minimum Gasteiger partial charge on any atom is -0.356 e. The van der Waals surface area contributed by atoms with Crippen molar-refractivity contribution in [3.8, 4) is 0 Å². The molecule has 102 valence electrons. The summed E-state index contributed by atoms with van der Waals surface area (Å²) in [6.07, 6.45) is 0. The number of hydrogen-bond acceptors (Lipinski definition) is 2. The molecule has 0 fully saturated rings. The van der Waals surface area contributed by atoms with Crippen LogP contribution in [0, 0.1) is 5.82 Å². The maximum Gasteiger partial charge on any atom is 0.243 e. The van der Waals surface area contributed by atoms with E-state index in [0.29, 0.717) is 11.0 Å². The minimum atomic E-state index is -0.288. The van der Waals surface area contributed by atoms with Gasteiger partial charge in [-0.05, 0) is 35.9 Å². The third kappa shape index (κ3) is 2.67. The van der Waals surface area contributed by atoms with Crippen molar-refractivity contribution in [2.75, 3.05) is 16.8 Å². The third-order valence-electron chi connectivity index (χ3n) is 3.15. The SMILES string of the molecule is O=C1CN(Cc2cc(F)cc(Br)c2)c2ccccc2N1. The number of nitrogens with zero attached hydrogens (tertiary/aromatic N) is 1. The number of anilines is 2. The van der Waals surface area contributed by atoms with E-state index in [-0.39, 0.29) is 18.3 Å². The molecule has 20 heavy (non-hydrogen) atoms. The van der Waals surface area contributed by atoms with E-state index in [2.05, 4.69) is 21.2 Å². The van der Waals surface area contributed by atoms with E-state index in [1.807, 2.05) is 35.2 Å². The Balaban J connectivity index is 1.92. The molecule has 1 heterocycles. The summed E-state index contributed by atoms with van der Waals surface area (Å²) in [4.78, 5) is 13.7. The van der Waals surface area contributed by atoms with E-state index in [4.69, 9.17) is 0 Å². The molecule has 1 aliphatic heterocycles. The normalized spacial score (nSPS) is 13.9. The third-order valence-corrected chi connectivity index (χ3v) is 3.61. The van der Waals surface area contributed by atoms with Crippen molar-refractivity contribution in [1.82, 2.24) is 0 Å². The van der Waals surface area contributed by atoms with E-state index < -0.39 is 0 Å². The van der Waals surface area contributed by atoms with Gasteiger partial charge >= 0.3 is 0 Å². The molecule has 3 nitrogen and oxygen atoms in total. The molecule has 0 saturated heterocycles. The summed E-state index contributed by atoms with van der Waals surface area (Å²) in [5.74, 6) is -0.344. The molecule has 1 aliphatic rings. The summed E-state index contributed by atoms with van der Waals surface area (Å²) in [5, 5.41) is 2.83. The molecule has 0 unspecified atom stereocenters. The Hall–Kier alpha value is -1.88. The van der Waals surface area contributed by atoms with E-state index in [1.54, 1.807) is 0 Å². The fraction of sp³-hybridized carbons (Fsp3) is 0.133. The summed E-state index contributed by atoms with van der Waals surface area (Å²) in [7, 11) is 0. The summed E-state index contributed by atoms with van der Waals surface area (Å²) in [5.41, 5.74) is 2.56. The highest BCUT2D eigenvalue weighted by Gasteiger charge is 2.21. The number of benzene rings is 2. The Bertz CT molecular complexity index is 654. The Morgan fingerprint density at radius 1 is 1.25 bits per heavy atom. The number of rotatable bonds is 2. The topological polar surface area (TPSA) is 32.3 Å². The van der Waals surface area contributed by atoms with Crippen LogP contribution in [-0.4, -0.2) is 12.5 Å². The first-order valence-electron chi connectivity index (χ1n) is 6.20. The van der Waals surface area contributed by atoms with Crippen LogP contribution in [0.3, 0.4) is 0 Å². The standard InChI is InChI=1S/C15H12BrFN2O/c16-11-5-10(6-12(17)7-11)8-19-9-15(20)18-13-3-1-2-4-14(13)19/h1-7H,8-9H2,(H,18,20). The number of nitrogens with one attached hydrogen (secondary N) is 1. The molecule has 0 bridgehead atoms. The van der Waals surface area contributed by atoms with Gasteiger partial charge in [0.15, 0.2) is 0 Å².